The molecule has 0 fully saturated rings. The summed E-state index contributed by atoms with van der Waals surface area (Å²) in [5.41, 5.74) is 1.86. The molecule has 3 amide bonds. The van der Waals surface area contributed by atoms with Crippen LogP contribution in [0.25, 0.3) is 0 Å². The van der Waals surface area contributed by atoms with Crippen LogP contribution in [0.1, 0.15) is 40.9 Å². The molecule has 9 nitrogen and oxygen atoms in total. The Labute approximate surface area is 228 Å². The molecule has 0 aliphatic carbocycles. The molecule has 0 saturated heterocycles. The summed E-state index contributed by atoms with van der Waals surface area (Å²) < 4.78 is 16.3. The van der Waals surface area contributed by atoms with Crippen LogP contribution < -0.4 is 20.1 Å². The Hall–Kier alpha value is -4.37. The van der Waals surface area contributed by atoms with E-state index in [1.54, 1.807) is 36.4 Å². The third-order valence-electron chi connectivity index (χ3n) is 6.19. The van der Waals surface area contributed by atoms with Crippen molar-refractivity contribution in [3.8, 4) is 11.5 Å². The van der Waals surface area contributed by atoms with Crippen molar-refractivity contribution in [1.29, 1.82) is 0 Å². The molecule has 39 heavy (non-hydrogen) atoms. The molecule has 4 rings (SSSR count). The smallest absolute Gasteiger partial charge is 0.251 e. The van der Waals surface area contributed by atoms with Crippen LogP contribution >= 0.6 is 0 Å². The van der Waals surface area contributed by atoms with E-state index in [0.29, 0.717) is 48.8 Å². The van der Waals surface area contributed by atoms with Crippen molar-refractivity contribution in [3.05, 3.63) is 95.6 Å². The van der Waals surface area contributed by atoms with Gasteiger partial charge >= 0.3 is 0 Å². The average Bonchev–Trinajstić information content (AvgIpc) is 3.44. The number of fused-ring (bicyclic) bond motifs is 1. The zero-order chi connectivity index (χ0) is 27.5. The van der Waals surface area contributed by atoms with E-state index < -0.39 is 11.9 Å². The lowest BCUT2D eigenvalue weighted by molar-refractivity contribution is -0.140. The van der Waals surface area contributed by atoms with Crippen molar-refractivity contribution < 1.29 is 28.6 Å². The number of hydrogen-bond donors (Lipinski definition) is 2. The van der Waals surface area contributed by atoms with Gasteiger partial charge < -0.3 is 29.7 Å². The first-order chi connectivity index (χ1) is 19.1. The van der Waals surface area contributed by atoms with E-state index in [-0.39, 0.29) is 31.7 Å². The third-order valence-corrected chi connectivity index (χ3v) is 6.19. The Bertz CT molecular complexity index is 1250. The standard InChI is InChI=1S/C30H33N3O6/c1-2-37-17-9-16-31-30(36)28(23-10-5-3-6-11-23)33(20-22-14-15-25-26(18-22)39-21-38-25)27(34)19-32-29(35)24-12-7-4-8-13-24/h3-8,10-15,18,28H,2,9,16-17,19-21H2,1H3,(H,31,36)(H,32,35)/t28-/m1/s1. The van der Waals surface area contributed by atoms with Crippen LogP contribution in [0.15, 0.2) is 78.9 Å². The van der Waals surface area contributed by atoms with Crippen molar-refractivity contribution in [2.45, 2.75) is 25.9 Å². The Balaban J connectivity index is 1.58. The zero-order valence-electron chi connectivity index (χ0n) is 21.9. The summed E-state index contributed by atoms with van der Waals surface area (Å²) in [7, 11) is 0. The van der Waals surface area contributed by atoms with Gasteiger partial charge in [0.15, 0.2) is 11.5 Å². The molecular weight excluding hydrogens is 498 g/mol. The number of nitrogens with zero attached hydrogens (tertiary/aromatic N) is 1. The SMILES string of the molecule is CCOCCCNC(=O)[C@@H](c1ccccc1)N(Cc1ccc2c(c1)OCO2)C(=O)CNC(=O)c1ccccc1. The van der Waals surface area contributed by atoms with Crippen LogP contribution in [0.3, 0.4) is 0 Å². The number of amides is 3. The lowest BCUT2D eigenvalue weighted by Gasteiger charge is -2.32. The van der Waals surface area contributed by atoms with Gasteiger partial charge in [-0.3, -0.25) is 14.4 Å². The molecule has 1 atom stereocenters. The second-order valence-corrected chi connectivity index (χ2v) is 8.91. The fourth-order valence-electron chi connectivity index (χ4n) is 4.24. The lowest BCUT2D eigenvalue weighted by atomic mass is 10.0. The second kappa shape index (κ2) is 14.0. The van der Waals surface area contributed by atoms with Crippen LogP contribution in [0.5, 0.6) is 11.5 Å². The van der Waals surface area contributed by atoms with E-state index >= 15 is 0 Å². The molecule has 3 aromatic rings. The van der Waals surface area contributed by atoms with Crippen LogP contribution in [0.4, 0.5) is 0 Å². The Kier molecular flexibility index (Phi) is 9.91. The van der Waals surface area contributed by atoms with Gasteiger partial charge in [0.2, 0.25) is 18.6 Å². The summed E-state index contributed by atoms with van der Waals surface area (Å²) >= 11 is 0. The molecule has 2 N–H and O–H groups in total. The minimum Gasteiger partial charge on any atom is -0.454 e. The van der Waals surface area contributed by atoms with Crippen LogP contribution in [-0.4, -0.2) is 55.7 Å². The summed E-state index contributed by atoms with van der Waals surface area (Å²) in [6.45, 7) is 3.41. The first-order valence-corrected chi connectivity index (χ1v) is 13.0. The molecule has 1 aliphatic rings. The van der Waals surface area contributed by atoms with Crippen molar-refractivity contribution in [1.82, 2.24) is 15.5 Å². The molecule has 0 unspecified atom stereocenters. The van der Waals surface area contributed by atoms with E-state index in [1.165, 1.54) is 4.90 Å². The highest BCUT2D eigenvalue weighted by Crippen LogP contribution is 2.33. The normalized spacial score (nSPS) is 12.4. The molecule has 1 aliphatic heterocycles. The first-order valence-electron chi connectivity index (χ1n) is 13.0. The van der Waals surface area contributed by atoms with E-state index in [1.807, 2.05) is 49.4 Å². The highest BCUT2D eigenvalue weighted by atomic mass is 16.7. The maximum Gasteiger partial charge on any atom is 0.251 e. The summed E-state index contributed by atoms with van der Waals surface area (Å²) in [5.74, 6) is 0.104. The number of benzene rings is 3. The van der Waals surface area contributed by atoms with Crippen molar-refractivity contribution >= 4 is 17.7 Å². The second-order valence-electron chi connectivity index (χ2n) is 8.91. The number of hydrogen-bond acceptors (Lipinski definition) is 6. The number of ether oxygens (including phenoxy) is 3. The molecule has 0 aromatic heterocycles. The number of carbonyl (C=O) groups is 3. The van der Waals surface area contributed by atoms with Gasteiger partial charge in [0.25, 0.3) is 5.91 Å². The topological polar surface area (TPSA) is 106 Å². The number of rotatable bonds is 13. The van der Waals surface area contributed by atoms with Crippen molar-refractivity contribution in [3.63, 3.8) is 0 Å². The van der Waals surface area contributed by atoms with Gasteiger partial charge in [-0.15, -0.1) is 0 Å². The molecule has 1 heterocycles. The molecule has 0 spiro atoms. The predicted octanol–water partition coefficient (Wildman–Crippen LogP) is 3.46. The highest BCUT2D eigenvalue weighted by molar-refractivity contribution is 5.97. The highest BCUT2D eigenvalue weighted by Gasteiger charge is 2.32. The van der Waals surface area contributed by atoms with Gasteiger partial charge in [-0.2, -0.15) is 0 Å². The Morgan fingerprint density at radius 1 is 0.923 bits per heavy atom. The molecular formula is C30H33N3O6. The summed E-state index contributed by atoms with van der Waals surface area (Å²) in [5, 5.41) is 5.64. The van der Waals surface area contributed by atoms with Gasteiger partial charge in [0.05, 0.1) is 6.54 Å². The minimum absolute atomic E-state index is 0.114. The fourth-order valence-corrected chi connectivity index (χ4v) is 4.24. The number of nitrogens with one attached hydrogen (secondary N) is 2. The Morgan fingerprint density at radius 2 is 1.64 bits per heavy atom. The predicted molar refractivity (Wildman–Crippen MR) is 145 cm³/mol. The van der Waals surface area contributed by atoms with E-state index in [4.69, 9.17) is 14.2 Å². The van der Waals surface area contributed by atoms with Gasteiger partial charge in [0, 0.05) is 31.9 Å². The largest absolute Gasteiger partial charge is 0.454 e. The molecule has 0 saturated carbocycles. The molecule has 3 aromatic carbocycles. The van der Waals surface area contributed by atoms with E-state index in [0.717, 1.165) is 5.56 Å². The van der Waals surface area contributed by atoms with E-state index in [9.17, 15) is 14.4 Å². The molecule has 204 valence electrons. The minimum atomic E-state index is -0.926. The molecule has 0 bridgehead atoms. The van der Waals surface area contributed by atoms with Gasteiger partial charge in [0.1, 0.15) is 6.04 Å². The lowest BCUT2D eigenvalue weighted by Crippen LogP contribution is -2.47. The van der Waals surface area contributed by atoms with Crippen LogP contribution in [0, 0.1) is 0 Å². The Morgan fingerprint density at radius 3 is 2.38 bits per heavy atom. The van der Waals surface area contributed by atoms with Gasteiger partial charge in [-0.05, 0) is 48.7 Å². The van der Waals surface area contributed by atoms with Crippen molar-refractivity contribution in [2.24, 2.45) is 0 Å². The van der Waals surface area contributed by atoms with Crippen LogP contribution in [-0.2, 0) is 20.9 Å². The zero-order valence-corrected chi connectivity index (χ0v) is 21.9. The maximum absolute atomic E-state index is 13.7. The first kappa shape index (κ1) is 27.7. The van der Waals surface area contributed by atoms with Gasteiger partial charge in [-0.25, -0.2) is 0 Å². The summed E-state index contributed by atoms with van der Waals surface area (Å²) in [6, 6.07) is 22.3. The molecule has 9 heteroatoms. The monoisotopic (exact) mass is 531 g/mol. The van der Waals surface area contributed by atoms with Crippen molar-refractivity contribution in [2.75, 3.05) is 33.1 Å². The summed E-state index contributed by atoms with van der Waals surface area (Å²) in [4.78, 5) is 41.4. The quantitative estimate of drug-likeness (QED) is 0.327. The number of carbonyl (C=O) groups excluding carboxylic acids is 3. The third kappa shape index (κ3) is 7.58. The van der Waals surface area contributed by atoms with E-state index in [2.05, 4.69) is 10.6 Å². The molecule has 0 radical (unpaired) electrons. The maximum atomic E-state index is 13.7. The van der Waals surface area contributed by atoms with Gasteiger partial charge in [-0.1, -0.05) is 54.6 Å². The fraction of sp³-hybridized carbons (Fsp3) is 0.300. The summed E-state index contributed by atoms with van der Waals surface area (Å²) in [6.07, 6.45) is 0.643. The van der Waals surface area contributed by atoms with Crippen LogP contribution in [0.2, 0.25) is 0 Å². The average molecular weight is 532 g/mol.